The minimum atomic E-state index is -0.0940. The summed E-state index contributed by atoms with van der Waals surface area (Å²) in [5, 5.41) is 0. The van der Waals surface area contributed by atoms with Gasteiger partial charge in [0.15, 0.2) is 0 Å². The van der Waals surface area contributed by atoms with Gasteiger partial charge in [-0.15, -0.1) is 0 Å². The number of unbranched alkanes of at least 4 members (excludes halogenated alkanes) is 2. The van der Waals surface area contributed by atoms with Crippen LogP contribution in [0, 0.1) is 0 Å². The molecule has 0 aromatic carbocycles. The largest absolute Gasteiger partial charge is 1.00 e. The zero-order valence-corrected chi connectivity index (χ0v) is 7.14. The fourth-order valence-electron chi connectivity index (χ4n) is 0.621. The summed E-state index contributed by atoms with van der Waals surface area (Å²) in [4.78, 5) is 10.5. The van der Waals surface area contributed by atoms with E-state index in [9.17, 15) is 4.79 Å². The van der Waals surface area contributed by atoms with Crippen LogP contribution < -0.4 is 18.9 Å². The second kappa shape index (κ2) is 9.07. The maximum atomic E-state index is 10.5. The van der Waals surface area contributed by atoms with Crippen molar-refractivity contribution in [3.05, 3.63) is 0 Å². The van der Waals surface area contributed by atoms with E-state index in [-0.39, 0.29) is 26.3 Å². The standard InChI is InChI=1S/C7H14O2.Li.H/c1-3-4-5-6-7(8)9-2;;/h3-6H2,1-2H3;;/q;+1;-1. The zero-order valence-electron chi connectivity index (χ0n) is 8.14. The van der Waals surface area contributed by atoms with Gasteiger partial charge in [0, 0.05) is 6.42 Å². The van der Waals surface area contributed by atoms with E-state index in [1.54, 1.807) is 0 Å². The number of carbonyl (C=O) groups is 1. The fourth-order valence-corrected chi connectivity index (χ4v) is 0.621. The van der Waals surface area contributed by atoms with E-state index >= 15 is 0 Å². The van der Waals surface area contributed by atoms with Crippen molar-refractivity contribution in [1.82, 2.24) is 0 Å². The van der Waals surface area contributed by atoms with Gasteiger partial charge in [0.1, 0.15) is 0 Å². The van der Waals surface area contributed by atoms with Gasteiger partial charge in [0.25, 0.3) is 0 Å². The molecule has 0 unspecified atom stereocenters. The maximum Gasteiger partial charge on any atom is 1.00 e. The van der Waals surface area contributed by atoms with Gasteiger partial charge in [-0.3, -0.25) is 4.79 Å². The van der Waals surface area contributed by atoms with Gasteiger partial charge < -0.3 is 6.16 Å². The van der Waals surface area contributed by atoms with Gasteiger partial charge in [-0.1, -0.05) is 19.8 Å². The Morgan fingerprint density at radius 3 is 2.50 bits per heavy atom. The molecule has 0 saturated carbocycles. The van der Waals surface area contributed by atoms with Crippen LogP contribution in [0.25, 0.3) is 0 Å². The number of methoxy groups -OCH3 is 1. The maximum absolute atomic E-state index is 10.5. The summed E-state index contributed by atoms with van der Waals surface area (Å²) in [6.07, 6.45) is 3.81. The number of rotatable bonds is 4. The first-order chi connectivity index (χ1) is 4.31. The Labute approximate surface area is 76.0 Å². The third kappa shape index (κ3) is 8.07. The Balaban J connectivity index is -0.000000320. The van der Waals surface area contributed by atoms with E-state index in [1.807, 2.05) is 0 Å². The van der Waals surface area contributed by atoms with E-state index in [0.29, 0.717) is 6.42 Å². The normalized spacial score (nSPS) is 8.20. The third-order valence-corrected chi connectivity index (χ3v) is 1.21. The van der Waals surface area contributed by atoms with Crippen LogP contribution in [0.2, 0.25) is 0 Å². The molecule has 0 aliphatic heterocycles. The first kappa shape index (κ1) is 12.7. The summed E-state index contributed by atoms with van der Waals surface area (Å²) in [7, 11) is 1.42. The molecular formula is C7H15LiO2. The molecule has 3 heteroatoms. The fraction of sp³-hybridized carbons (Fsp3) is 0.857. The summed E-state index contributed by atoms with van der Waals surface area (Å²) < 4.78 is 4.46. The first-order valence-electron chi connectivity index (χ1n) is 3.38. The molecule has 0 N–H and O–H groups in total. The van der Waals surface area contributed by atoms with E-state index < -0.39 is 0 Å². The molecule has 0 aliphatic rings. The third-order valence-electron chi connectivity index (χ3n) is 1.21. The molecule has 0 aliphatic carbocycles. The molecule has 0 saturated heterocycles. The van der Waals surface area contributed by atoms with Gasteiger partial charge in [0.2, 0.25) is 0 Å². The average Bonchev–Trinajstić information content (AvgIpc) is 1.89. The number of hydrogen-bond donors (Lipinski definition) is 0. The molecule has 0 aromatic heterocycles. The van der Waals surface area contributed by atoms with Crippen LogP contribution >= 0.6 is 0 Å². The van der Waals surface area contributed by atoms with Crippen LogP contribution in [0.3, 0.4) is 0 Å². The molecule has 0 bridgehead atoms. The number of esters is 1. The number of hydrogen-bond acceptors (Lipinski definition) is 2. The molecule has 0 radical (unpaired) electrons. The van der Waals surface area contributed by atoms with Crippen molar-refractivity contribution in [2.24, 2.45) is 0 Å². The molecule has 10 heavy (non-hydrogen) atoms. The minimum Gasteiger partial charge on any atom is -1.00 e. The topological polar surface area (TPSA) is 26.3 Å². The van der Waals surface area contributed by atoms with E-state index in [0.717, 1.165) is 19.3 Å². The van der Waals surface area contributed by atoms with Crippen molar-refractivity contribution in [3.8, 4) is 0 Å². The number of carbonyl (C=O) groups excluding carboxylic acids is 1. The molecule has 0 atom stereocenters. The van der Waals surface area contributed by atoms with Crippen LogP contribution in [0.4, 0.5) is 0 Å². The minimum absolute atomic E-state index is 0. The van der Waals surface area contributed by atoms with Crippen molar-refractivity contribution in [1.29, 1.82) is 0 Å². The molecule has 0 aromatic rings. The number of ether oxygens (including phenoxy) is 1. The quantitative estimate of drug-likeness (QED) is 0.279. The molecule has 2 nitrogen and oxygen atoms in total. The predicted octanol–water partition coefficient (Wildman–Crippen LogP) is -1.14. The monoisotopic (exact) mass is 138 g/mol. The van der Waals surface area contributed by atoms with Crippen LogP contribution in [-0.4, -0.2) is 13.1 Å². The van der Waals surface area contributed by atoms with Crippen molar-refractivity contribution >= 4 is 5.97 Å². The van der Waals surface area contributed by atoms with Crippen LogP contribution in [0.15, 0.2) is 0 Å². The summed E-state index contributed by atoms with van der Waals surface area (Å²) >= 11 is 0. The Morgan fingerprint density at radius 2 is 2.10 bits per heavy atom. The molecule has 0 spiro atoms. The van der Waals surface area contributed by atoms with Crippen molar-refractivity contribution < 1.29 is 29.8 Å². The Kier molecular flexibility index (Phi) is 11.5. The Morgan fingerprint density at radius 1 is 1.50 bits per heavy atom. The average molecular weight is 138 g/mol. The predicted molar refractivity (Wildman–Crippen MR) is 37.3 cm³/mol. The molecule has 56 valence electrons. The SMILES string of the molecule is CCCCCC(=O)OC.[H-].[Li+]. The Bertz CT molecular complexity index is 88.5. The summed E-state index contributed by atoms with van der Waals surface area (Å²) in [5.74, 6) is -0.0940. The van der Waals surface area contributed by atoms with Gasteiger partial charge in [-0.2, -0.15) is 0 Å². The van der Waals surface area contributed by atoms with Gasteiger partial charge >= 0.3 is 24.8 Å². The van der Waals surface area contributed by atoms with Crippen LogP contribution in [-0.2, 0) is 9.53 Å². The van der Waals surface area contributed by atoms with E-state index in [2.05, 4.69) is 11.7 Å². The van der Waals surface area contributed by atoms with E-state index in [1.165, 1.54) is 7.11 Å². The summed E-state index contributed by atoms with van der Waals surface area (Å²) in [5.41, 5.74) is 0. The Hall–Kier alpha value is 0.0674. The molecule has 0 amide bonds. The second-order valence-electron chi connectivity index (χ2n) is 2.03. The second-order valence-corrected chi connectivity index (χ2v) is 2.03. The van der Waals surface area contributed by atoms with Gasteiger partial charge in [-0.05, 0) is 6.42 Å². The van der Waals surface area contributed by atoms with Crippen molar-refractivity contribution in [2.45, 2.75) is 32.6 Å². The van der Waals surface area contributed by atoms with Gasteiger partial charge in [0.05, 0.1) is 7.11 Å². The van der Waals surface area contributed by atoms with Crippen LogP contribution in [0.5, 0.6) is 0 Å². The summed E-state index contributed by atoms with van der Waals surface area (Å²) in [6.45, 7) is 2.11. The van der Waals surface area contributed by atoms with Crippen molar-refractivity contribution in [2.75, 3.05) is 7.11 Å². The molecule has 0 fully saturated rings. The van der Waals surface area contributed by atoms with E-state index in [4.69, 9.17) is 0 Å². The zero-order chi connectivity index (χ0) is 7.11. The summed E-state index contributed by atoms with van der Waals surface area (Å²) in [6, 6.07) is 0. The molecular weight excluding hydrogens is 123 g/mol. The molecule has 0 heterocycles. The smallest absolute Gasteiger partial charge is 1.00 e. The van der Waals surface area contributed by atoms with Crippen molar-refractivity contribution in [3.63, 3.8) is 0 Å². The van der Waals surface area contributed by atoms with Crippen LogP contribution in [0.1, 0.15) is 34.0 Å². The van der Waals surface area contributed by atoms with Gasteiger partial charge in [-0.25, -0.2) is 0 Å². The first-order valence-corrected chi connectivity index (χ1v) is 3.38. The molecule has 0 rings (SSSR count).